The average Bonchev–Trinajstić information content (AvgIpc) is 3.15. The molecular weight excluding hydrogens is 454 g/mol. The van der Waals surface area contributed by atoms with E-state index >= 15 is 0 Å². The van der Waals surface area contributed by atoms with Crippen LogP contribution >= 0.6 is 12.2 Å². The molecule has 0 unspecified atom stereocenters. The van der Waals surface area contributed by atoms with Crippen molar-refractivity contribution in [1.29, 1.82) is 0 Å². The molecule has 0 atom stereocenters. The van der Waals surface area contributed by atoms with Crippen LogP contribution < -0.4 is 0 Å². The van der Waals surface area contributed by atoms with Gasteiger partial charge in [0.2, 0.25) is 11.0 Å². The minimum absolute atomic E-state index is 0.0865. The highest BCUT2D eigenvalue weighted by atomic mass is 32.1. The van der Waals surface area contributed by atoms with Crippen LogP contribution in [0.3, 0.4) is 0 Å². The van der Waals surface area contributed by atoms with E-state index in [1.54, 1.807) is 0 Å². The lowest BCUT2D eigenvalue weighted by atomic mass is 10.2. The van der Waals surface area contributed by atoms with Gasteiger partial charge in [0.15, 0.2) is 5.69 Å². The lowest BCUT2D eigenvalue weighted by molar-refractivity contribution is 0.194. The predicted molar refractivity (Wildman–Crippen MR) is 146 cm³/mol. The van der Waals surface area contributed by atoms with Crippen molar-refractivity contribution in [2.24, 2.45) is 10.2 Å². The van der Waals surface area contributed by atoms with Crippen molar-refractivity contribution >= 4 is 33.9 Å². The van der Waals surface area contributed by atoms with Crippen LogP contribution in [0.1, 0.15) is 25.0 Å². The maximum atomic E-state index is 11.3. The Morgan fingerprint density at radius 3 is 1.94 bits per heavy atom. The van der Waals surface area contributed by atoms with Crippen LogP contribution in [-0.4, -0.2) is 37.7 Å². The Balaban J connectivity index is 1.68. The van der Waals surface area contributed by atoms with E-state index in [9.17, 15) is 5.11 Å². The Morgan fingerprint density at radius 1 is 0.829 bits per heavy atom. The second-order valence-electron chi connectivity index (χ2n) is 8.37. The molecular formula is C28H31N5OS. The number of azo groups is 1. The van der Waals surface area contributed by atoms with Crippen molar-refractivity contribution in [3.8, 4) is 5.88 Å². The highest BCUT2D eigenvalue weighted by Gasteiger charge is 2.19. The van der Waals surface area contributed by atoms with E-state index in [2.05, 4.69) is 63.7 Å². The minimum atomic E-state index is 0.0865. The van der Waals surface area contributed by atoms with E-state index in [1.807, 2.05) is 59.7 Å². The third-order valence-electron chi connectivity index (χ3n) is 6.03. The Morgan fingerprint density at radius 2 is 1.37 bits per heavy atom. The molecule has 1 N–H and O–H groups in total. The van der Waals surface area contributed by atoms with E-state index in [1.165, 1.54) is 11.1 Å². The van der Waals surface area contributed by atoms with Crippen molar-refractivity contribution in [2.45, 2.75) is 33.6 Å². The van der Waals surface area contributed by atoms with Crippen molar-refractivity contribution in [1.82, 2.24) is 14.4 Å². The minimum Gasteiger partial charge on any atom is -0.493 e. The van der Waals surface area contributed by atoms with Crippen LogP contribution in [0.5, 0.6) is 5.88 Å². The summed E-state index contributed by atoms with van der Waals surface area (Å²) in [6, 6.07) is 28.6. The molecule has 0 spiro atoms. The average molecular weight is 486 g/mol. The van der Waals surface area contributed by atoms with E-state index in [0.717, 1.165) is 37.1 Å². The molecule has 4 rings (SSSR count). The number of para-hydroxylation sites is 1. The smallest absolute Gasteiger partial charge is 0.221 e. The highest BCUT2D eigenvalue weighted by molar-refractivity contribution is 7.80. The molecule has 0 amide bonds. The fourth-order valence-corrected chi connectivity index (χ4v) is 4.50. The number of aromatic nitrogens is 1. The Kier molecular flexibility index (Phi) is 8.23. The second-order valence-corrected chi connectivity index (χ2v) is 8.74. The van der Waals surface area contributed by atoms with Crippen LogP contribution in [0.25, 0.3) is 10.9 Å². The number of rotatable bonds is 9. The molecule has 35 heavy (non-hydrogen) atoms. The third kappa shape index (κ3) is 5.93. The molecule has 0 saturated carbocycles. The molecule has 3 aromatic carbocycles. The number of benzene rings is 3. The molecule has 180 valence electrons. The van der Waals surface area contributed by atoms with Gasteiger partial charge in [-0.1, -0.05) is 78.9 Å². The summed E-state index contributed by atoms with van der Waals surface area (Å²) in [5, 5.41) is 21.2. The quantitative estimate of drug-likeness (QED) is 0.211. The summed E-state index contributed by atoms with van der Waals surface area (Å²) in [5.41, 5.74) is 3.76. The van der Waals surface area contributed by atoms with Gasteiger partial charge in [0, 0.05) is 31.6 Å². The maximum Gasteiger partial charge on any atom is 0.221 e. The van der Waals surface area contributed by atoms with Crippen LogP contribution in [-0.2, 0) is 19.8 Å². The Hall–Kier alpha value is -3.55. The summed E-state index contributed by atoms with van der Waals surface area (Å²) in [5.74, 6) is 0.0865. The summed E-state index contributed by atoms with van der Waals surface area (Å²) in [4.78, 5) is 4.26. The van der Waals surface area contributed by atoms with Gasteiger partial charge in [0.05, 0.1) is 12.2 Å². The molecule has 1 aromatic heterocycles. The molecule has 0 aliphatic heterocycles. The van der Waals surface area contributed by atoms with Crippen molar-refractivity contribution < 1.29 is 5.11 Å². The molecule has 1 heterocycles. The predicted octanol–water partition coefficient (Wildman–Crippen LogP) is 6.72. The first kappa shape index (κ1) is 24.6. The molecule has 0 aliphatic rings. The molecule has 0 fully saturated rings. The van der Waals surface area contributed by atoms with Gasteiger partial charge in [-0.05, 0) is 43.3 Å². The van der Waals surface area contributed by atoms with Gasteiger partial charge in [0.1, 0.15) is 0 Å². The first-order valence-electron chi connectivity index (χ1n) is 11.9. The molecule has 4 aromatic rings. The van der Waals surface area contributed by atoms with Crippen LogP contribution in [0.2, 0.25) is 0 Å². The largest absolute Gasteiger partial charge is 0.493 e. The third-order valence-corrected chi connectivity index (χ3v) is 6.37. The molecule has 0 radical (unpaired) electrons. The topological polar surface area (TPSA) is 56.4 Å². The van der Waals surface area contributed by atoms with Gasteiger partial charge in [-0.15, -0.1) is 10.2 Å². The lowest BCUT2D eigenvalue weighted by Crippen LogP contribution is -2.27. The number of hydrogen-bond acceptors (Lipinski definition) is 4. The van der Waals surface area contributed by atoms with Crippen molar-refractivity contribution in [2.75, 3.05) is 13.1 Å². The standard InChI is InChI=1S/C28H31N5OS/c1-3-32(4-2)28(35)30-29-26-24-17-11-12-18-25(24)33(27(26)34)21-31(19-22-13-7-5-8-14-22)20-23-15-9-6-10-16-23/h5-18,34H,3-4,19-21H2,1-2H3. The molecule has 6 nitrogen and oxygen atoms in total. The molecule has 0 bridgehead atoms. The second kappa shape index (κ2) is 11.7. The monoisotopic (exact) mass is 485 g/mol. The van der Waals surface area contributed by atoms with Crippen LogP contribution in [0.4, 0.5) is 5.69 Å². The molecule has 0 saturated heterocycles. The zero-order valence-corrected chi connectivity index (χ0v) is 21.0. The Labute approximate surface area is 212 Å². The number of hydrogen-bond donors (Lipinski definition) is 1. The number of aromatic hydroxyl groups is 1. The van der Waals surface area contributed by atoms with Gasteiger partial charge >= 0.3 is 0 Å². The van der Waals surface area contributed by atoms with Gasteiger partial charge < -0.3 is 10.0 Å². The SMILES string of the molecule is CCN(CC)C(=S)N=Nc1c(O)n(CN(Cc2ccccc2)Cc2ccccc2)c2ccccc12. The first-order chi connectivity index (χ1) is 17.1. The summed E-state index contributed by atoms with van der Waals surface area (Å²) < 4.78 is 1.90. The maximum absolute atomic E-state index is 11.3. The van der Waals surface area contributed by atoms with E-state index < -0.39 is 0 Å². The lowest BCUT2D eigenvalue weighted by Gasteiger charge is -2.24. The summed E-state index contributed by atoms with van der Waals surface area (Å²) >= 11 is 5.43. The van der Waals surface area contributed by atoms with Gasteiger partial charge in [-0.2, -0.15) is 0 Å². The van der Waals surface area contributed by atoms with Gasteiger partial charge in [-0.25, -0.2) is 0 Å². The summed E-state index contributed by atoms with van der Waals surface area (Å²) in [7, 11) is 0. The van der Waals surface area contributed by atoms with E-state index in [4.69, 9.17) is 12.2 Å². The van der Waals surface area contributed by atoms with E-state index in [0.29, 0.717) is 17.5 Å². The van der Waals surface area contributed by atoms with Crippen molar-refractivity contribution in [3.05, 3.63) is 96.1 Å². The van der Waals surface area contributed by atoms with Crippen molar-refractivity contribution in [3.63, 3.8) is 0 Å². The number of fused-ring (bicyclic) bond motifs is 1. The summed E-state index contributed by atoms with van der Waals surface area (Å²) in [6.45, 7) is 7.55. The van der Waals surface area contributed by atoms with Gasteiger partial charge in [0.25, 0.3) is 0 Å². The Bertz CT molecular complexity index is 1240. The fraction of sp³-hybridized carbons (Fsp3) is 0.250. The van der Waals surface area contributed by atoms with Gasteiger partial charge in [-0.3, -0.25) is 9.47 Å². The molecule has 7 heteroatoms. The number of nitrogens with zero attached hydrogens (tertiary/aromatic N) is 5. The zero-order chi connectivity index (χ0) is 24.6. The molecule has 0 aliphatic carbocycles. The zero-order valence-electron chi connectivity index (χ0n) is 20.2. The van der Waals surface area contributed by atoms with Crippen LogP contribution in [0.15, 0.2) is 95.2 Å². The normalized spacial score (nSPS) is 11.5. The van der Waals surface area contributed by atoms with Crippen LogP contribution in [0, 0.1) is 0 Å². The van der Waals surface area contributed by atoms with E-state index in [-0.39, 0.29) is 5.88 Å². The fourth-order valence-electron chi connectivity index (χ4n) is 4.20. The highest BCUT2D eigenvalue weighted by Crippen LogP contribution is 2.39. The first-order valence-corrected chi connectivity index (χ1v) is 12.3. The summed E-state index contributed by atoms with van der Waals surface area (Å²) in [6.07, 6.45) is 0. The number of thiocarbonyl (C=S) groups is 1.